The summed E-state index contributed by atoms with van der Waals surface area (Å²) in [5, 5.41) is 8.08. The maximum absolute atomic E-state index is 4.75. The molecule has 3 aromatic carbocycles. The topological polar surface area (TPSA) is 36.4 Å². The highest BCUT2D eigenvalue weighted by Crippen LogP contribution is 2.41. The van der Waals surface area contributed by atoms with E-state index in [1.807, 2.05) is 13.1 Å². The second-order valence-electron chi connectivity index (χ2n) is 6.34. The van der Waals surface area contributed by atoms with Crippen molar-refractivity contribution < 1.29 is 0 Å². The second kappa shape index (κ2) is 7.34. The Bertz CT molecular complexity index is 920. The number of para-hydroxylation sites is 1. The van der Waals surface area contributed by atoms with Gasteiger partial charge >= 0.3 is 0 Å². The maximum atomic E-state index is 4.75. The minimum atomic E-state index is 0.0906. The van der Waals surface area contributed by atoms with E-state index in [0.29, 0.717) is 0 Å². The first-order valence-corrected chi connectivity index (χ1v) is 9.48. The van der Waals surface area contributed by atoms with Crippen LogP contribution in [0.1, 0.15) is 28.7 Å². The Hall–Kier alpha value is -2.59. The average molecular weight is 406 g/mol. The van der Waals surface area contributed by atoms with E-state index in [1.54, 1.807) is 0 Å². The van der Waals surface area contributed by atoms with Crippen molar-refractivity contribution in [2.45, 2.75) is 12.0 Å². The second-order valence-corrected chi connectivity index (χ2v) is 7.25. The number of anilines is 1. The Kier molecular flexibility index (Phi) is 4.76. The van der Waals surface area contributed by atoms with Gasteiger partial charge in [-0.05, 0) is 34.9 Å². The third kappa shape index (κ3) is 3.13. The van der Waals surface area contributed by atoms with Gasteiger partial charge in [0.1, 0.15) is 0 Å². The summed E-state index contributed by atoms with van der Waals surface area (Å²) in [7, 11) is 1.97. The first kappa shape index (κ1) is 16.9. The zero-order chi connectivity index (χ0) is 17.9. The summed E-state index contributed by atoms with van der Waals surface area (Å²) in [6, 6.07) is 27.4. The third-order valence-corrected chi connectivity index (χ3v) is 5.34. The Balaban J connectivity index is 1.82. The molecule has 130 valence electrons. The van der Waals surface area contributed by atoms with Crippen LogP contribution in [0.25, 0.3) is 0 Å². The molecule has 2 unspecified atom stereocenters. The first-order valence-electron chi connectivity index (χ1n) is 8.68. The Morgan fingerprint density at radius 3 is 2.31 bits per heavy atom. The van der Waals surface area contributed by atoms with Gasteiger partial charge in [0.15, 0.2) is 0 Å². The molecule has 3 nitrogen and oxygen atoms in total. The van der Waals surface area contributed by atoms with Crippen LogP contribution >= 0.6 is 15.9 Å². The highest BCUT2D eigenvalue weighted by molar-refractivity contribution is 9.10. The van der Waals surface area contributed by atoms with E-state index in [9.17, 15) is 0 Å². The molecule has 0 saturated heterocycles. The minimum absolute atomic E-state index is 0.0906. The number of hydrogen-bond acceptors (Lipinski definition) is 3. The highest BCUT2D eigenvalue weighted by atomic mass is 79.9. The fourth-order valence-electron chi connectivity index (χ4n) is 3.55. The molecule has 4 heteroatoms. The van der Waals surface area contributed by atoms with Gasteiger partial charge in [-0.2, -0.15) is 5.10 Å². The lowest BCUT2D eigenvalue weighted by atomic mass is 9.81. The lowest BCUT2D eigenvalue weighted by Crippen LogP contribution is -2.21. The summed E-state index contributed by atoms with van der Waals surface area (Å²) >= 11 is 3.53. The highest BCUT2D eigenvalue weighted by Gasteiger charge is 2.36. The van der Waals surface area contributed by atoms with Gasteiger partial charge < -0.3 is 10.7 Å². The number of nitrogens with one attached hydrogen (secondary N) is 2. The summed E-state index contributed by atoms with van der Waals surface area (Å²) in [5.41, 5.74) is 9.20. The number of halogens is 1. The fourth-order valence-corrected chi connectivity index (χ4v) is 3.82. The summed E-state index contributed by atoms with van der Waals surface area (Å²) in [6.07, 6.45) is 0. The van der Waals surface area contributed by atoms with E-state index < -0.39 is 0 Å². The Morgan fingerprint density at radius 2 is 1.58 bits per heavy atom. The molecule has 2 N–H and O–H groups in total. The number of rotatable bonds is 4. The quantitative estimate of drug-likeness (QED) is 0.615. The van der Waals surface area contributed by atoms with E-state index in [0.717, 1.165) is 21.4 Å². The summed E-state index contributed by atoms with van der Waals surface area (Å²) in [6.45, 7) is 0. The average Bonchev–Trinajstić information content (AvgIpc) is 3.14. The van der Waals surface area contributed by atoms with Crippen LogP contribution in [0.3, 0.4) is 0 Å². The van der Waals surface area contributed by atoms with Crippen LogP contribution in [0.5, 0.6) is 0 Å². The molecule has 1 heterocycles. The Morgan fingerprint density at radius 1 is 0.885 bits per heavy atom. The third-order valence-electron chi connectivity index (χ3n) is 4.82. The molecule has 0 aliphatic carbocycles. The SMILES string of the molecule is CNc1ccccc1C1C(c2ccccc2)=NNC1c1ccc(Br)cc1. The molecule has 1 aliphatic heterocycles. The van der Waals surface area contributed by atoms with Gasteiger partial charge in [0.25, 0.3) is 0 Å². The largest absolute Gasteiger partial charge is 0.388 e. The van der Waals surface area contributed by atoms with Crippen LogP contribution in [0.2, 0.25) is 0 Å². The molecule has 0 radical (unpaired) electrons. The van der Waals surface area contributed by atoms with Crippen molar-refractivity contribution in [3.05, 3.63) is 100 Å². The first-order chi connectivity index (χ1) is 12.8. The van der Waals surface area contributed by atoms with Crippen molar-refractivity contribution in [1.29, 1.82) is 0 Å². The van der Waals surface area contributed by atoms with Gasteiger partial charge in [-0.3, -0.25) is 0 Å². The molecular formula is C22H20BrN3. The summed E-state index contributed by atoms with van der Waals surface area (Å²) in [5.74, 6) is 0.127. The standard InChI is InChI=1S/C22H20BrN3/c1-24-19-10-6-5-9-18(19)20-21(15-7-3-2-4-8-15)25-26-22(20)16-11-13-17(23)14-12-16/h2-14,20,22,24,26H,1H3. The predicted molar refractivity (Wildman–Crippen MR) is 112 cm³/mol. The Labute approximate surface area is 162 Å². The summed E-state index contributed by atoms with van der Waals surface area (Å²) < 4.78 is 1.08. The summed E-state index contributed by atoms with van der Waals surface area (Å²) in [4.78, 5) is 0. The normalized spacial score (nSPS) is 18.9. The lowest BCUT2D eigenvalue weighted by molar-refractivity contribution is 0.574. The van der Waals surface area contributed by atoms with Gasteiger partial charge in [0.2, 0.25) is 0 Å². The number of nitrogens with zero attached hydrogens (tertiary/aromatic N) is 1. The predicted octanol–water partition coefficient (Wildman–Crippen LogP) is 5.32. The maximum Gasteiger partial charge on any atom is 0.0815 e. The van der Waals surface area contributed by atoms with Crippen LogP contribution in [0.15, 0.2) is 88.4 Å². The monoisotopic (exact) mass is 405 g/mol. The van der Waals surface area contributed by atoms with Crippen LogP contribution < -0.4 is 10.7 Å². The number of hydrazone groups is 1. The van der Waals surface area contributed by atoms with Crippen molar-refractivity contribution in [1.82, 2.24) is 5.43 Å². The van der Waals surface area contributed by atoms with E-state index >= 15 is 0 Å². The van der Waals surface area contributed by atoms with E-state index in [1.165, 1.54) is 11.1 Å². The van der Waals surface area contributed by atoms with E-state index in [2.05, 4.69) is 99.5 Å². The molecule has 3 aromatic rings. The van der Waals surface area contributed by atoms with Crippen LogP contribution in [0.4, 0.5) is 5.69 Å². The smallest absolute Gasteiger partial charge is 0.0815 e. The van der Waals surface area contributed by atoms with Crippen molar-refractivity contribution in [2.75, 3.05) is 12.4 Å². The lowest BCUT2D eigenvalue weighted by Gasteiger charge is -2.24. The van der Waals surface area contributed by atoms with Crippen molar-refractivity contribution in [3.8, 4) is 0 Å². The van der Waals surface area contributed by atoms with Crippen molar-refractivity contribution in [3.63, 3.8) is 0 Å². The molecule has 0 fully saturated rings. The zero-order valence-electron chi connectivity index (χ0n) is 14.5. The van der Waals surface area contributed by atoms with Gasteiger partial charge in [-0.15, -0.1) is 0 Å². The van der Waals surface area contributed by atoms with Crippen molar-refractivity contribution in [2.24, 2.45) is 5.10 Å². The molecule has 4 rings (SSSR count). The van der Waals surface area contributed by atoms with E-state index in [4.69, 9.17) is 5.10 Å². The van der Waals surface area contributed by atoms with Crippen LogP contribution in [0, 0.1) is 0 Å². The van der Waals surface area contributed by atoms with Crippen molar-refractivity contribution >= 4 is 27.3 Å². The minimum Gasteiger partial charge on any atom is -0.388 e. The zero-order valence-corrected chi connectivity index (χ0v) is 16.1. The molecule has 0 bridgehead atoms. The molecule has 0 amide bonds. The van der Waals surface area contributed by atoms with Gasteiger partial charge in [-0.25, -0.2) is 0 Å². The molecule has 1 aliphatic rings. The van der Waals surface area contributed by atoms with Crippen LogP contribution in [-0.2, 0) is 0 Å². The molecule has 26 heavy (non-hydrogen) atoms. The van der Waals surface area contributed by atoms with Gasteiger partial charge in [0.05, 0.1) is 17.7 Å². The number of hydrogen-bond donors (Lipinski definition) is 2. The fraction of sp³-hybridized carbons (Fsp3) is 0.136. The molecule has 0 saturated carbocycles. The number of benzene rings is 3. The molecule has 0 spiro atoms. The van der Waals surface area contributed by atoms with Crippen LogP contribution in [-0.4, -0.2) is 12.8 Å². The molecule has 2 atom stereocenters. The molecular weight excluding hydrogens is 386 g/mol. The van der Waals surface area contributed by atoms with Gasteiger partial charge in [0, 0.05) is 17.2 Å². The van der Waals surface area contributed by atoms with Gasteiger partial charge in [-0.1, -0.05) is 76.6 Å². The van der Waals surface area contributed by atoms with E-state index in [-0.39, 0.29) is 12.0 Å². The molecule has 0 aromatic heterocycles.